The van der Waals surface area contributed by atoms with Crippen LogP contribution in [0.3, 0.4) is 0 Å². The second-order valence-electron chi connectivity index (χ2n) is 7.63. The van der Waals surface area contributed by atoms with E-state index in [1.54, 1.807) is 18.3 Å². The van der Waals surface area contributed by atoms with Crippen LogP contribution in [0.5, 0.6) is 0 Å². The second-order valence-corrected chi connectivity index (χ2v) is 7.63. The third-order valence-corrected chi connectivity index (χ3v) is 5.44. The third kappa shape index (κ3) is 3.64. The molecule has 0 spiro atoms. The number of para-hydroxylation sites is 1. The van der Waals surface area contributed by atoms with Gasteiger partial charge in [-0.2, -0.15) is 0 Å². The molecule has 0 radical (unpaired) electrons. The zero-order valence-corrected chi connectivity index (χ0v) is 16.9. The minimum absolute atomic E-state index is 0.208. The third-order valence-electron chi connectivity index (χ3n) is 5.44. The molecule has 0 saturated heterocycles. The summed E-state index contributed by atoms with van der Waals surface area (Å²) in [5, 5.41) is 0.565. The maximum absolute atomic E-state index is 13.2. The van der Waals surface area contributed by atoms with Crippen LogP contribution in [0, 0.1) is 20.8 Å². The van der Waals surface area contributed by atoms with Crippen LogP contribution in [-0.2, 0) is 6.54 Å². The summed E-state index contributed by atoms with van der Waals surface area (Å²) in [6.45, 7) is 6.63. The van der Waals surface area contributed by atoms with Gasteiger partial charge in [-0.1, -0.05) is 54.1 Å². The van der Waals surface area contributed by atoms with E-state index >= 15 is 0 Å². The fourth-order valence-corrected chi connectivity index (χ4v) is 3.68. The Morgan fingerprint density at radius 1 is 0.862 bits per heavy atom. The van der Waals surface area contributed by atoms with E-state index in [2.05, 4.69) is 25.1 Å². The van der Waals surface area contributed by atoms with E-state index in [0.29, 0.717) is 17.5 Å². The molecule has 4 rings (SSSR count). The Hall–Kier alpha value is -3.46. The molecule has 0 amide bonds. The van der Waals surface area contributed by atoms with Gasteiger partial charge in [-0.15, -0.1) is 0 Å². The van der Waals surface area contributed by atoms with Gasteiger partial charge in [0.1, 0.15) is 0 Å². The molecule has 0 N–H and O–H groups in total. The van der Waals surface area contributed by atoms with E-state index in [0.717, 1.165) is 22.2 Å². The molecule has 29 heavy (non-hydrogen) atoms. The van der Waals surface area contributed by atoms with Crippen molar-refractivity contribution < 1.29 is 4.79 Å². The Labute approximate surface area is 170 Å². The minimum atomic E-state index is -0.234. The molecule has 4 aromatic rings. The van der Waals surface area contributed by atoms with Crippen molar-refractivity contribution in [2.24, 2.45) is 0 Å². The highest BCUT2D eigenvalue weighted by Crippen LogP contribution is 2.18. The average Bonchev–Trinajstić information content (AvgIpc) is 2.72. The van der Waals surface area contributed by atoms with Crippen LogP contribution in [0.4, 0.5) is 0 Å². The predicted molar refractivity (Wildman–Crippen MR) is 118 cm³/mol. The highest BCUT2D eigenvalue weighted by atomic mass is 16.1. The Balaban J connectivity index is 1.88. The molecule has 3 aromatic carbocycles. The normalized spacial score (nSPS) is 11.0. The van der Waals surface area contributed by atoms with Crippen molar-refractivity contribution in [1.29, 1.82) is 0 Å². The van der Waals surface area contributed by atoms with Crippen molar-refractivity contribution in [3.8, 4) is 0 Å². The standard InChI is InChI=1S/C26H23NO2/c1-17-7-6-8-20(13-17)15-27-16-23(26(29)22-9-4-5-10-24(22)27)25(28)21-12-11-18(2)19(3)14-21/h4-14,16H,15H2,1-3H3. The first-order valence-corrected chi connectivity index (χ1v) is 9.74. The molecule has 1 heterocycles. The zero-order chi connectivity index (χ0) is 20.5. The molecule has 1 aromatic heterocycles. The van der Waals surface area contributed by atoms with Gasteiger partial charge < -0.3 is 4.57 Å². The first-order valence-electron chi connectivity index (χ1n) is 9.74. The molecular weight excluding hydrogens is 358 g/mol. The first-order chi connectivity index (χ1) is 13.9. The number of carbonyl (C=O) groups excluding carboxylic acids is 1. The van der Waals surface area contributed by atoms with E-state index < -0.39 is 0 Å². The van der Waals surface area contributed by atoms with E-state index in [1.165, 1.54) is 5.56 Å². The van der Waals surface area contributed by atoms with Crippen LogP contribution >= 0.6 is 0 Å². The molecule has 0 aliphatic carbocycles. The number of rotatable bonds is 4. The molecule has 0 aliphatic rings. The lowest BCUT2D eigenvalue weighted by atomic mass is 9.98. The average molecular weight is 381 g/mol. The fourth-order valence-electron chi connectivity index (χ4n) is 3.68. The van der Waals surface area contributed by atoms with Gasteiger partial charge in [-0.3, -0.25) is 9.59 Å². The number of hydrogen-bond acceptors (Lipinski definition) is 2. The Bertz CT molecular complexity index is 1300. The minimum Gasteiger partial charge on any atom is -0.342 e. The van der Waals surface area contributed by atoms with E-state index in [9.17, 15) is 9.59 Å². The fraction of sp³-hybridized carbons (Fsp3) is 0.154. The zero-order valence-electron chi connectivity index (χ0n) is 16.9. The summed E-state index contributed by atoms with van der Waals surface area (Å²) >= 11 is 0. The second kappa shape index (κ2) is 7.51. The number of ketones is 1. The van der Waals surface area contributed by atoms with Gasteiger partial charge in [-0.25, -0.2) is 0 Å². The van der Waals surface area contributed by atoms with Crippen LogP contribution in [0.15, 0.2) is 77.7 Å². The van der Waals surface area contributed by atoms with Crippen molar-refractivity contribution >= 4 is 16.7 Å². The van der Waals surface area contributed by atoms with E-state index in [4.69, 9.17) is 0 Å². The van der Waals surface area contributed by atoms with Gasteiger partial charge in [0.15, 0.2) is 5.78 Å². The lowest BCUT2D eigenvalue weighted by molar-refractivity contribution is 0.103. The van der Waals surface area contributed by atoms with Crippen molar-refractivity contribution in [2.45, 2.75) is 27.3 Å². The monoisotopic (exact) mass is 381 g/mol. The number of carbonyl (C=O) groups is 1. The van der Waals surface area contributed by atoms with Gasteiger partial charge in [-0.05, 0) is 55.7 Å². The topological polar surface area (TPSA) is 39.1 Å². The van der Waals surface area contributed by atoms with Crippen molar-refractivity contribution in [3.63, 3.8) is 0 Å². The van der Waals surface area contributed by atoms with Crippen LogP contribution < -0.4 is 5.43 Å². The Morgan fingerprint density at radius 3 is 2.41 bits per heavy atom. The summed E-state index contributed by atoms with van der Waals surface area (Å²) in [6.07, 6.45) is 1.71. The number of nitrogens with zero attached hydrogens (tertiary/aromatic N) is 1. The molecule has 0 unspecified atom stereocenters. The Kier molecular flexibility index (Phi) is 4.89. The smallest absolute Gasteiger partial charge is 0.200 e. The largest absolute Gasteiger partial charge is 0.342 e. The number of fused-ring (bicyclic) bond motifs is 1. The summed E-state index contributed by atoms with van der Waals surface area (Å²) in [7, 11) is 0. The highest BCUT2D eigenvalue weighted by Gasteiger charge is 2.17. The summed E-state index contributed by atoms with van der Waals surface area (Å²) in [5.41, 5.74) is 5.83. The lowest BCUT2D eigenvalue weighted by Crippen LogP contribution is -2.20. The SMILES string of the molecule is Cc1cccc(Cn2cc(C(=O)c3ccc(C)c(C)c3)c(=O)c3ccccc32)c1. The summed E-state index contributed by atoms with van der Waals surface area (Å²) in [4.78, 5) is 26.3. The molecular formula is C26H23NO2. The summed E-state index contributed by atoms with van der Waals surface area (Å²) in [5.74, 6) is -0.234. The number of aryl methyl sites for hydroxylation is 3. The lowest BCUT2D eigenvalue weighted by Gasteiger charge is -2.14. The molecule has 0 atom stereocenters. The molecule has 0 fully saturated rings. The van der Waals surface area contributed by atoms with Gasteiger partial charge in [0, 0.05) is 23.7 Å². The molecule has 0 bridgehead atoms. The molecule has 3 nitrogen and oxygen atoms in total. The van der Waals surface area contributed by atoms with Gasteiger partial charge in [0.2, 0.25) is 5.43 Å². The summed E-state index contributed by atoms with van der Waals surface area (Å²) in [6, 6.07) is 21.3. The van der Waals surface area contributed by atoms with Gasteiger partial charge in [0.25, 0.3) is 0 Å². The van der Waals surface area contributed by atoms with Crippen molar-refractivity contribution in [3.05, 3.63) is 117 Å². The quantitative estimate of drug-likeness (QED) is 0.456. The molecule has 0 saturated carbocycles. The van der Waals surface area contributed by atoms with Crippen LogP contribution in [0.2, 0.25) is 0 Å². The van der Waals surface area contributed by atoms with Crippen molar-refractivity contribution in [2.75, 3.05) is 0 Å². The van der Waals surface area contributed by atoms with Crippen LogP contribution in [0.1, 0.15) is 38.2 Å². The predicted octanol–water partition coefficient (Wildman–Crippen LogP) is 5.21. The summed E-state index contributed by atoms with van der Waals surface area (Å²) < 4.78 is 2.00. The van der Waals surface area contributed by atoms with Crippen molar-refractivity contribution in [1.82, 2.24) is 4.57 Å². The number of benzene rings is 3. The number of hydrogen-bond donors (Lipinski definition) is 0. The van der Waals surface area contributed by atoms with E-state index in [1.807, 2.05) is 54.8 Å². The maximum Gasteiger partial charge on any atom is 0.200 e. The highest BCUT2D eigenvalue weighted by molar-refractivity contribution is 6.10. The molecule has 144 valence electrons. The number of pyridine rings is 1. The Morgan fingerprint density at radius 2 is 1.66 bits per heavy atom. The molecule has 3 heteroatoms. The molecule has 0 aliphatic heterocycles. The first kappa shape index (κ1) is 18.9. The maximum atomic E-state index is 13.2. The van der Waals surface area contributed by atoms with Gasteiger partial charge in [0.05, 0.1) is 11.1 Å². The van der Waals surface area contributed by atoms with Crippen LogP contribution in [0.25, 0.3) is 10.9 Å². The van der Waals surface area contributed by atoms with Gasteiger partial charge >= 0.3 is 0 Å². The number of aromatic nitrogens is 1. The van der Waals surface area contributed by atoms with E-state index in [-0.39, 0.29) is 16.8 Å². The van der Waals surface area contributed by atoms with Crippen LogP contribution in [-0.4, -0.2) is 10.4 Å².